The third-order valence-corrected chi connectivity index (χ3v) is 7.98. The summed E-state index contributed by atoms with van der Waals surface area (Å²) < 4.78 is 0. The first-order valence-electron chi connectivity index (χ1n) is 11.4. The van der Waals surface area contributed by atoms with Gasteiger partial charge in [-0.1, -0.05) is 26.0 Å². The number of benzene rings is 1. The Kier molecular flexibility index (Phi) is 6.02. The SMILES string of the molecule is CC(C)(CCCCl)c1ccc2c(c1O)C(O)=C1C(=O)[C@]3(O)C(O)=C(C(N)=O)C(=O)C[C@@H]3[C@@H](O)[C@@H]1C2. The second-order valence-electron chi connectivity index (χ2n) is 10.2. The van der Waals surface area contributed by atoms with E-state index in [4.69, 9.17) is 17.3 Å². The van der Waals surface area contributed by atoms with Crippen LogP contribution in [0.4, 0.5) is 0 Å². The average Bonchev–Trinajstić information content (AvgIpc) is 2.77. The molecule has 3 aliphatic rings. The van der Waals surface area contributed by atoms with E-state index in [9.17, 15) is 39.9 Å². The van der Waals surface area contributed by atoms with E-state index >= 15 is 0 Å². The quantitative estimate of drug-likeness (QED) is 0.258. The highest BCUT2D eigenvalue weighted by Gasteiger charge is 2.63. The number of carbonyl (C=O) groups is 3. The molecule has 35 heavy (non-hydrogen) atoms. The Morgan fingerprint density at radius 3 is 2.46 bits per heavy atom. The fraction of sp³-hybridized carbons (Fsp3) is 0.480. The molecule has 1 fully saturated rings. The molecular formula is C25H28ClNO8. The van der Waals surface area contributed by atoms with Gasteiger partial charge in [-0.15, -0.1) is 11.6 Å². The van der Waals surface area contributed by atoms with E-state index in [2.05, 4.69) is 0 Å². The molecule has 1 aromatic carbocycles. The lowest BCUT2D eigenvalue weighted by molar-refractivity contribution is -0.159. The predicted molar refractivity (Wildman–Crippen MR) is 126 cm³/mol. The summed E-state index contributed by atoms with van der Waals surface area (Å²) in [6.07, 6.45) is -0.755. The summed E-state index contributed by atoms with van der Waals surface area (Å²) in [6.45, 7) is 3.82. The molecule has 188 valence electrons. The summed E-state index contributed by atoms with van der Waals surface area (Å²) in [5, 5.41) is 55.4. The smallest absolute Gasteiger partial charge is 0.255 e. The van der Waals surface area contributed by atoms with Crippen LogP contribution < -0.4 is 5.73 Å². The number of phenolic OH excluding ortho intramolecular Hbond substituents is 1. The Morgan fingerprint density at radius 1 is 1.20 bits per heavy atom. The summed E-state index contributed by atoms with van der Waals surface area (Å²) in [5.41, 5.74) is 1.53. The number of hydrogen-bond donors (Lipinski definition) is 6. The lowest BCUT2D eigenvalue weighted by atomic mass is 9.57. The number of Topliss-reactive ketones (excluding diaryl/α,β-unsaturated/α-hetero) is 2. The van der Waals surface area contributed by atoms with Crippen LogP contribution in [0, 0.1) is 11.8 Å². The summed E-state index contributed by atoms with van der Waals surface area (Å²) in [6, 6.07) is 3.43. The van der Waals surface area contributed by atoms with Gasteiger partial charge >= 0.3 is 0 Å². The Morgan fingerprint density at radius 2 is 1.86 bits per heavy atom. The van der Waals surface area contributed by atoms with Gasteiger partial charge in [-0.2, -0.15) is 0 Å². The number of rotatable bonds is 5. The molecule has 9 nitrogen and oxygen atoms in total. The number of halogens is 1. The maximum Gasteiger partial charge on any atom is 0.255 e. The number of fused-ring (bicyclic) bond motifs is 3. The van der Waals surface area contributed by atoms with Crippen molar-refractivity contribution in [2.75, 3.05) is 5.88 Å². The number of amides is 1. The Bertz CT molecular complexity index is 1220. The summed E-state index contributed by atoms with van der Waals surface area (Å²) in [5.74, 6) is -7.51. The fourth-order valence-electron chi connectivity index (χ4n) is 5.80. The Labute approximate surface area is 206 Å². The van der Waals surface area contributed by atoms with Gasteiger partial charge in [0.15, 0.2) is 11.4 Å². The van der Waals surface area contributed by atoms with Gasteiger partial charge in [-0.25, -0.2) is 0 Å². The topological polar surface area (TPSA) is 178 Å². The monoisotopic (exact) mass is 505 g/mol. The zero-order chi connectivity index (χ0) is 26.0. The minimum Gasteiger partial charge on any atom is -0.508 e. The normalized spacial score (nSPS) is 28.5. The molecule has 0 aliphatic heterocycles. The van der Waals surface area contributed by atoms with Gasteiger partial charge in [-0.3, -0.25) is 14.4 Å². The lowest BCUT2D eigenvalue weighted by Gasteiger charge is -2.48. The number of aliphatic hydroxyl groups is 4. The highest BCUT2D eigenvalue weighted by atomic mass is 35.5. The minimum atomic E-state index is -2.83. The van der Waals surface area contributed by atoms with Gasteiger partial charge in [0.05, 0.1) is 11.7 Å². The predicted octanol–water partition coefficient (Wildman–Crippen LogP) is 1.69. The van der Waals surface area contributed by atoms with E-state index in [1.807, 2.05) is 13.8 Å². The molecule has 3 aliphatic carbocycles. The lowest BCUT2D eigenvalue weighted by Crippen LogP contribution is -2.63. The van der Waals surface area contributed by atoms with Gasteiger partial charge in [0.1, 0.15) is 22.8 Å². The first kappa shape index (κ1) is 25.2. The van der Waals surface area contributed by atoms with Crippen molar-refractivity contribution in [1.29, 1.82) is 0 Å². The summed E-state index contributed by atoms with van der Waals surface area (Å²) in [4.78, 5) is 37.7. The zero-order valence-electron chi connectivity index (χ0n) is 19.3. The van der Waals surface area contributed by atoms with Crippen molar-refractivity contribution >= 4 is 34.8 Å². The number of alkyl halides is 1. The van der Waals surface area contributed by atoms with Crippen molar-refractivity contribution in [2.24, 2.45) is 17.6 Å². The van der Waals surface area contributed by atoms with Gasteiger partial charge < -0.3 is 31.3 Å². The molecule has 0 unspecified atom stereocenters. The van der Waals surface area contributed by atoms with E-state index in [1.54, 1.807) is 12.1 Å². The Hall–Kier alpha value is -2.88. The molecular weight excluding hydrogens is 478 g/mol. The number of hydrogen-bond acceptors (Lipinski definition) is 8. The van der Waals surface area contributed by atoms with Gasteiger partial charge in [0, 0.05) is 35.3 Å². The third kappa shape index (κ3) is 3.48. The van der Waals surface area contributed by atoms with E-state index in [0.717, 1.165) is 0 Å². The number of ketones is 2. The number of primary amides is 1. The van der Waals surface area contributed by atoms with Crippen LogP contribution in [0.1, 0.15) is 49.8 Å². The van der Waals surface area contributed by atoms with Crippen molar-refractivity contribution in [3.8, 4) is 5.75 Å². The molecule has 0 spiro atoms. The number of aliphatic hydroxyl groups excluding tert-OH is 3. The molecule has 10 heteroatoms. The van der Waals surface area contributed by atoms with Crippen LogP contribution in [0.2, 0.25) is 0 Å². The number of aromatic hydroxyl groups is 1. The summed E-state index contributed by atoms with van der Waals surface area (Å²) in [7, 11) is 0. The third-order valence-electron chi connectivity index (χ3n) is 7.71. The van der Waals surface area contributed by atoms with Crippen LogP contribution >= 0.6 is 11.6 Å². The molecule has 7 N–H and O–H groups in total. The average molecular weight is 506 g/mol. The molecule has 0 bridgehead atoms. The van der Waals surface area contributed by atoms with Gasteiger partial charge in [-0.05, 0) is 30.2 Å². The van der Waals surface area contributed by atoms with Crippen molar-refractivity contribution in [3.63, 3.8) is 0 Å². The van der Waals surface area contributed by atoms with Crippen molar-refractivity contribution in [3.05, 3.63) is 45.7 Å². The maximum atomic E-state index is 13.6. The van der Waals surface area contributed by atoms with Crippen molar-refractivity contribution in [2.45, 2.75) is 56.7 Å². The maximum absolute atomic E-state index is 13.6. The van der Waals surface area contributed by atoms with E-state index < -0.39 is 69.9 Å². The van der Waals surface area contributed by atoms with E-state index in [0.29, 0.717) is 29.8 Å². The van der Waals surface area contributed by atoms with Crippen LogP contribution in [0.15, 0.2) is 29.0 Å². The van der Waals surface area contributed by atoms with Crippen LogP contribution in [-0.2, 0) is 26.2 Å². The van der Waals surface area contributed by atoms with E-state index in [-0.39, 0.29) is 23.3 Å². The van der Waals surface area contributed by atoms with E-state index in [1.165, 1.54) is 0 Å². The summed E-state index contributed by atoms with van der Waals surface area (Å²) >= 11 is 5.83. The molecule has 1 aromatic rings. The second kappa shape index (κ2) is 8.36. The van der Waals surface area contributed by atoms with Crippen molar-refractivity contribution in [1.82, 2.24) is 0 Å². The highest BCUT2D eigenvalue weighted by Crippen LogP contribution is 2.53. The van der Waals surface area contributed by atoms with Crippen LogP contribution in [0.25, 0.3) is 5.76 Å². The van der Waals surface area contributed by atoms with Gasteiger partial charge in [0.2, 0.25) is 5.78 Å². The van der Waals surface area contributed by atoms with Gasteiger partial charge in [0.25, 0.3) is 5.91 Å². The van der Waals surface area contributed by atoms with Crippen molar-refractivity contribution < 1.29 is 39.9 Å². The minimum absolute atomic E-state index is 0.000721. The molecule has 4 atom stereocenters. The molecule has 0 aromatic heterocycles. The molecule has 0 radical (unpaired) electrons. The molecule has 0 heterocycles. The first-order chi connectivity index (χ1) is 16.3. The molecule has 0 saturated heterocycles. The molecule has 1 saturated carbocycles. The second-order valence-corrected chi connectivity index (χ2v) is 10.5. The molecule has 1 amide bonds. The highest BCUT2D eigenvalue weighted by molar-refractivity contribution is 6.23. The Balaban J connectivity index is 1.91. The molecule has 4 rings (SSSR count). The fourth-order valence-corrected chi connectivity index (χ4v) is 5.94. The number of phenols is 1. The van der Waals surface area contributed by atoms with Crippen LogP contribution in [-0.4, -0.2) is 60.6 Å². The number of nitrogens with two attached hydrogens (primary N) is 1. The standard InChI is InChI=1S/C25H28ClNO8/c1-24(2,6-3-7-26)12-5-4-10-8-11-16(20(31)15(10)19(12)30)21(32)25(35)13(18(11)29)9-14(28)17(22(25)33)23(27)34/h4-5,11,13,18,29-31,33,35H,3,6-9H2,1-2H3,(H2,27,34)/t11-,13-,18+,25+/m1/s1. The van der Waals surface area contributed by atoms with Crippen LogP contribution in [0.5, 0.6) is 5.75 Å². The first-order valence-corrected chi connectivity index (χ1v) is 11.9. The zero-order valence-corrected chi connectivity index (χ0v) is 20.1. The van der Waals surface area contributed by atoms with Crippen LogP contribution in [0.3, 0.4) is 0 Å². The largest absolute Gasteiger partial charge is 0.508 e. The number of carbonyl (C=O) groups excluding carboxylic acids is 3.